The highest BCUT2D eigenvalue weighted by Crippen LogP contribution is 2.27. The summed E-state index contributed by atoms with van der Waals surface area (Å²) in [6.45, 7) is 0. The van der Waals surface area contributed by atoms with Crippen LogP contribution in [0.2, 0.25) is 5.02 Å². The Hall–Kier alpha value is -2.03. The van der Waals surface area contributed by atoms with Crippen molar-refractivity contribution in [1.82, 2.24) is 15.2 Å². The summed E-state index contributed by atoms with van der Waals surface area (Å²) in [6, 6.07) is 9.47. The van der Waals surface area contributed by atoms with Crippen LogP contribution >= 0.6 is 22.9 Å². The summed E-state index contributed by atoms with van der Waals surface area (Å²) >= 11 is 6.88. The van der Waals surface area contributed by atoms with Gasteiger partial charge in [0, 0.05) is 23.0 Å². The number of rotatable bonds is 4. The van der Waals surface area contributed by atoms with Crippen molar-refractivity contribution in [1.29, 1.82) is 0 Å². The summed E-state index contributed by atoms with van der Waals surface area (Å²) in [6.07, 6.45) is 3.28. The molecule has 0 unspecified atom stereocenters. The molecule has 3 aromatic rings. The van der Waals surface area contributed by atoms with Crippen molar-refractivity contribution < 1.29 is 8.42 Å². The van der Waals surface area contributed by atoms with E-state index >= 15 is 0 Å². The standard InChI is InChI=1S/C13H9ClN4O2S2/c14-10-3-5-11(6-4-10)22(19,20)18-13-17-16-12(21-13)9-2-1-7-15-8-9/h1-8H,(H,17,18). The van der Waals surface area contributed by atoms with Gasteiger partial charge in [0.2, 0.25) is 5.13 Å². The number of halogens is 1. The van der Waals surface area contributed by atoms with Crippen molar-refractivity contribution >= 4 is 38.1 Å². The van der Waals surface area contributed by atoms with Crippen LogP contribution in [0, 0.1) is 0 Å². The minimum Gasteiger partial charge on any atom is -0.264 e. The van der Waals surface area contributed by atoms with Gasteiger partial charge >= 0.3 is 0 Å². The first-order chi connectivity index (χ1) is 10.5. The van der Waals surface area contributed by atoms with Crippen molar-refractivity contribution in [2.45, 2.75) is 4.90 Å². The summed E-state index contributed by atoms with van der Waals surface area (Å²) in [5.74, 6) is 0. The Labute approximate surface area is 135 Å². The number of hydrogen-bond donors (Lipinski definition) is 1. The maximum atomic E-state index is 12.2. The van der Waals surface area contributed by atoms with Gasteiger partial charge in [-0.3, -0.25) is 9.71 Å². The molecule has 0 saturated heterocycles. The molecule has 0 amide bonds. The Bertz CT molecular complexity index is 880. The quantitative estimate of drug-likeness (QED) is 0.780. The molecule has 0 bridgehead atoms. The van der Waals surface area contributed by atoms with Crippen molar-refractivity contribution in [2.24, 2.45) is 0 Å². The van der Waals surface area contributed by atoms with Crippen LogP contribution in [0.15, 0.2) is 53.7 Å². The number of anilines is 1. The molecule has 0 fully saturated rings. The Morgan fingerprint density at radius 2 is 1.86 bits per heavy atom. The predicted molar refractivity (Wildman–Crippen MR) is 85.4 cm³/mol. The summed E-state index contributed by atoms with van der Waals surface area (Å²) in [4.78, 5) is 4.09. The average molecular weight is 353 g/mol. The molecular weight excluding hydrogens is 344 g/mol. The third kappa shape index (κ3) is 3.24. The van der Waals surface area contributed by atoms with Gasteiger partial charge in [-0.2, -0.15) is 0 Å². The topological polar surface area (TPSA) is 84.8 Å². The summed E-state index contributed by atoms with van der Waals surface area (Å²) in [5, 5.41) is 9.04. The number of sulfonamides is 1. The van der Waals surface area contributed by atoms with Gasteiger partial charge in [-0.25, -0.2) is 8.42 Å². The highest BCUT2D eigenvalue weighted by atomic mass is 35.5. The molecule has 0 atom stereocenters. The van der Waals surface area contributed by atoms with Gasteiger partial charge in [0.25, 0.3) is 10.0 Å². The fourth-order valence-electron chi connectivity index (χ4n) is 1.66. The molecule has 0 aliphatic carbocycles. The van der Waals surface area contributed by atoms with Crippen LogP contribution in [0.5, 0.6) is 0 Å². The van der Waals surface area contributed by atoms with E-state index in [0.717, 1.165) is 16.9 Å². The lowest BCUT2D eigenvalue weighted by atomic mass is 10.3. The van der Waals surface area contributed by atoms with Crippen molar-refractivity contribution in [3.63, 3.8) is 0 Å². The smallest absolute Gasteiger partial charge is 0.263 e. The molecule has 0 spiro atoms. The maximum Gasteiger partial charge on any atom is 0.263 e. The highest BCUT2D eigenvalue weighted by molar-refractivity contribution is 7.93. The van der Waals surface area contributed by atoms with E-state index in [-0.39, 0.29) is 10.0 Å². The predicted octanol–water partition coefficient (Wildman–Crippen LogP) is 3.05. The molecular formula is C13H9ClN4O2S2. The van der Waals surface area contributed by atoms with Crippen LogP contribution in [-0.4, -0.2) is 23.6 Å². The molecule has 6 nitrogen and oxygen atoms in total. The van der Waals surface area contributed by atoms with Crippen LogP contribution in [0.25, 0.3) is 10.6 Å². The van der Waals surface area contributed by atoms with E-state index in [1.54, 1.807) is 18.5 Å². The van der Waals surface area contributed by atoms with Crippen molar-refractivity contribution in [3.05, 3.63) is 53.8 Å². The number of nitrogens with one attached hydrogen (secondary N) is 1. The van der Waals surface area contributed by atoms with Gasteiger partial charge in [0.15, 0.2) is 5.01 Å². The Morgan fingerprint density at radius 1 is 1.09 bits per heavy atom. The molecule has 112 valence electrons. The molecule has 9 heteroatoms. The summed E-state index contributed by atoms with van der Waals surface area (Å²) in [7, 11) is -3.72. The molecule has 0 aliphatic rings. The molecule has 1 N–H and O–H groups in total. The number of aromatic nitrogens is 3. The molecule has 22 heavy (non-hydrogen) atoms. The number of benzene rings is 1. The fourth-order valence-corrected chi connectivity index (χ4v) is 3.75. The number of hydrogen-bond acceptors (Lipinski definition) is 6. The lowest BCUT2D eigenvalue weighted by Gasteiger charge is -2.04. The molecule has 0 radical (unpaired) electrons. The minimum absolute atomic E-state index is 0.107. The zero-order valence-electron chi connectivity index (χ0n) is 11.0. The Balaban J connectivity index is 1.84. The lowest BCUT2D eigenvalue weighted by molar-refractivity contribution is 0.601. The van der Waals surface area contributed by atoms with Crippen molar-refractivity contribution in [2.75, 3.05) is 4.72 Å². The fraction of sp³-hybridized carbons (Fsp3) is 0. The van der Waals surface area contributed by atoms with Gasteiger partial charge in [0.1, 0.15) is 0 Å². The summed E-state index contributed by atoms with van der Waals surface area (Å²) in [5.41, 5.74) is 0.775. The van der Waals surface area contributed by atoms with E-state index in [0.29, 0.717) is 10.0 Å². The first kappa shape index (κ1) is 14.9. The van der Waals surface area contributed by atoms with Gasteiger partial charge in [0.05, 0.1) is 4.90 Å². The van der Waals surface area contributed by atoms with Crippen LogP contribution in [0.4, 0.5) is 5.13 Å². The molecule has 2 heterocycles. The third-order valence-corrected chi connectivity index (χ3v) is 5.30. The van der Waals surface area contributed by atoms with Crippen LogP contribution in [0.3, 0.4) is 0 Å². The number of nitrogens with zero attached hydrogens (tertiary/aromatic N) is 3. The molecule has 3 rings (SSSR count). The minimum atomic E-state index is -3.72. The van der Waals surface area contributed by atoms with Crippen LogP contribution < -0.4 is 4.72 Å². The van der Waals surface area contributed by atoms with Gasteiger partial charge in [-0.15, -0.1) is 10.2 Å². The molecule has 0 saturated carbocycles. The Morgan fingerprint density at radius 3 is 2.55 bits per heavy atom. The monoisotopic (exact) mass is 352 g/mol. The van der Waals surface area contributed by atoms with E-state index < -0.39 is 10.0 Å². The van der Waals surface area contributed by atoms with E-state index in [1.807, 2.05) is 6.07 Å². The maximum absolute atomic E-state index is 12.2. The first-order valence-corrected chi connectivity index (χ1v) is 8.75. The Kier molecular flexibility index (Phi) is 4.06. The zero-order valence-corrected chi connectivity index (χ0v) is 13.4. The lowest BCUT2D eigenvalue weighted by Crippen LogP contribution is -2.12. The second-order valence-corrected chi connectivity index (χ2v) is 7.31. The third-order valence-electron chi connectivity index (χ3n) is 2.68. The SMILES string of the molecule is O=S(=O)(Nc1nnc(-c2cccnc2)s1)c1ccc(Cl)cc1. The normalized spacial score (nSPS) is 11.3. The average Bonchev–Trinajstić information content (AvgIpc) is 2.96. The number of pyridine rings is 1. The zero-order chi connectivity index (χ0) is 15.6. The van der Waals surface area contributed by atoms with Gasteiger partial charge < -0.3 is 0 Å². The van der Waals surface area contributed by atoms with E-state index in [4.69, 9.17) is 11.6 Å². The van der Waals surface area contributed by atoms with Crippen LogP contribution in [-0.2, 0) is 10.0 Å². The first-order valence-electron chi connectivity index (χ1n) is 6.07. The second kappa shape index (κ2) is 5.99. The van der Waals surface area contributed by atoms with Gasteiger partial charge in [-0.1, -0.05) is 22.9 Å². The van der Waals surface area contributed by atoms with E-state index in [2.05, 4.69) is 19.9 Å². The van der Waals surface area contributed by atoms with Crippen LogP contribution in [0.1, 0.15) is 0 Å². The molecule has 1 aromatic carbocycles. The van der Waals surface area contributed by atoms with Gasteiger partial charge in [-0.05, 0) is 36.4 Å². The highest BCUT2D eigenvalue weighted by Gasteiger charge is 2.17. The largest absolute Gasteiger partial charge is 0.264 e. The second-order valence-electron chi connectivity index (χ2n) is 4.21. The van der Waals surface area contributed by atoms with Crippen molar-refractivity contribution in [3.8, 4) is 10.6 Å². The van der Waals surface area contributed by atoms with E-state index in [9.17, 15) is 8.42 Å². The molecule has 0 aliphatic heterocycles. The summed E-state index contributed by atoms with van der Waals surface area (Å²) < 4.78 is 26.9. The van der Waals surface area contributed by atoms with E-state index in [1.165, 1.54) is 24.3 Å². The molecule has 2 aromatic heterocycles.